The van der Waals surface area contributed by atoms with Crippen molar-refractivity contribution in [3.8, 4) is 0 Å². The molecule has 0 radical (unpaired) electrons. The van der Waals surface area contributed by atoms with Gasteiger partial charge in [0.15, 0.2) is 5.41 Å². The topological polar surface area (TPSA) is 52.6 Å². The van der Waals surface area contributed by atoms with Gasteiger partial charge in [-0.2, -0.15) is 0 Å². The average molecular weight is 198 g/mol. The average Bonchev–Trinajstić information content (AvgIpc) is 2.91. The number of hydrogen-bond donors (Lipinski definition) is 0. The van der Waals surface area contributed by atoms with Gasteiger partial charge >= 0.3 is 11.9 Å². The minimum absolute atomic E-state index is 0.425. The lowest BCUT2D eigenvalue weighted by molar-refractivity contribution is -0.160. The number of allylic oxidation sites excluding steroid dienone is 1. The highest BCUT2D eigenvalue weighted by molar-refractivity contribution is 6.09. The van der Waals surface area contributed by atoms with Crippen LogP contribution in [0.2, 0.25) is 0 Å². The number of esters is 2. The van der Waals surface area contributed by atoms with Crippen molar-refractivity contribution in [2.24, 2.45) is 5.41 Å². The van der Waals surface area contributed by atoms with Gasteiger partial charge in [0.25, 0.3) is 0 Å². The van der Waals surface area contributed by atoms with E-state index in [0.717, 1.165) is 11.1 Å². The van der Waals surface area contributed by atoms with Crippen molar-refractivity contribution < 1.29 is 19.1 Å². The van der Waals surface area contributed by atoms with E-state index in [1.54, 1.807) is 0 Å². The van der Waals surface area contributed by atoms with Crippen LogP contribution in [0.15, 0.2) is 11.1 Å². The summed E-state index contributed by atoms with van der Waals surface area (Å²) in [6, 6.07) is 0. The van der Waals surface area contributed by atoms with Crippen LogP contribution in [-0.4, -0.2) is 26.2 Å². The van der Waals surface area contributed by atoms with Gasteiger partial charge in [0.05, 0.1) is 14.2 Å². The second kappa shape index (κ2) is 3.44. The van der Waals surface area contributed by atoms with Gasteiger partial charge in [-0.3, -0.25) is 9.59 Å². The zero-order chi connectivity index (χ0) is 10.9. The maximum Gasteiger partial charge on any atom is 0.327 e. The van der Waals surface area contributed by atoms with Gasteiger partial charge in [-0.25, -0.2) is 0 Å². The second-order valence-corrected chi connectivity index (χ2v) is 3.54. The normalized spacial score (nSPS) is 17.3. The van der Waals surface area contributed by atoms with E-state index in [-0.39, 0.29) is 0 Å². The zero-order valence-electron chi connectivity index (χ0n) is 8.84. The monoisotopic (exact) mass is 198 g/mol. The molecular weight excluding hydrogens is 184 g/mol. The molecule has 1 aliphatic rings. The molecule has 0 aromatic rings. The molecule has 0 heterocycles. The van der Waals surface area contributed by atoms with E-state index in [9.17, 15) is 9.59 Å². The molecule has 0 aromatic heterocycles. The van der Waals surface area contributed by atoms with Gasteiger partial charge in [-0.15, -0.1) is 0 Å². The lowest BCUT2D eigenvalue weighted by atomic mass is 10.1. The summed E-state index contributed by atoms with van der Waals surface area (Å²) in [4.78, 5) is 22.9. The predicted molar refractivity (Wildman–Crippen MR) is 49.5 cm³/mol. The van der Waals surface area contributed by atoms with Gasteiger partial charge < -0.3 is 9.47 Å². The van der Waals surface area contributed by atoms with Gasteiger partial charge in [-0.1, -0.05) is 5.57 Å². The summed E-state index contributed by atoms with van der Waals surface area (Å²) in [6.45, 7) is 3.73. The Labute approximate surface area is 82.9 Å². The fraction of sp³-hybridized carbons (Fsp3) is 0.600. The molecule has 4 nitrogen and oxygen atoms in total. The highest BCUT2D eigenvalue weighted by Gasteiger charge is 2.64. The molecule has 0 saturated heterocycles. The van der Waals surface area contributed by atoms with E-state index in [1.165, 1.54) is 14.2 Å². The summed E-state index contributed by atoms with van der Waals surface area (Å²) >= 11 is 0. The lowest BCUT2D eigenvalue weighted by Gasteiger charge is -2.09. The summed E-state index contributed by atoms with van der Waals surface area (Å²) in [5, 5.41) is 0. The van der Waals surface area contributed by atoms with Crippen LogP contribution in [0.25, 0.3) is 0 Å². The fourth-order valence-electron chi connectivity index (χ4n) is 1.65. The Kier molecular flexibility index (Phi) is 2.64. The third kappa shape index (κ3) is 1.31. The molecule has 1 aliphatic carbocycles. The van der Waals surface area contributed by atoms with E-state index in [0.29, 0.717) is 6.42 Å². The standard InChI is InChI=1S/C10H14O4/c1-6(2)7-5-10(7,8(11)13-3)9(12)14-4/h5H2,1-4H3. The van der Waals surface area contributed by atoms with Crippen LogP contribution in [0.4, 0.5) is 0 Å². The van der Waals surface area contributed by atoms with E-state index >= 15 is 0 Å². The molecule has 0 bridgehead atoms. The van der Waals surface area contributed by atoms with E-state index in [2.05, 4.69) is 9.47 Å². The van der Waals surface area contributed by atoms with Gasteiger partial charge in [0.1, 0.15) is 0 Å². The number of carbonyl (C=O) groups is 2. The molecule has 1 fully saturated rings. The number of carbonyl (C=O) groups excluding carboxylic acids is 2. The molecule has 78 valence electrons. The molecule has 0 atom stereocenters. The molecule has 0 unspecified atom stereocenters. The van der Waals surface area contributed by atoms with Crippen LogP contribution in [0, 0.1) is 5.41 Å². The van der Waals surface area contributed by atoms with Crippen molar-refractivity contribution in [2.45, 2.75) is 20.3 Å². The van der Waals surface area contributed by atoms with Crippen molar-refractivity contribution in [2.75, 3.05) is 14.2 Å². The quantitative estimate of drug-likeness (QED) is 0.378. The molecule has 4 heteroatoms. The summed E-state index contributed by atoms with van der Waals surface area (Å²) in [5.74, 6) is -1.05. The first-order chi connectivity index (χ1) is 6.50. The van der Waals surface area contributed by atoms with Crippen LogP contribution in [0.5, 0.6) is 0 Å². The molecule has 14 heavy (non-hydrogen) atoms. The van der Waals surface area contributed by atoms with Crippen molar-refractivity contribution in [3.05, 3.63) is 11.1 Å². The first kappa shape index (κ1) is 10.8. The first-order valence-electron chi connectivity index (χ1n) is 4.34. The molecular formula is C10H14O4. The maximum absolute atomic E-state index is 11.5. The van der Waals surface area contributed by atoms with E-state index < -0.39 is 17.4 Å². The molecule has 0 amide bonds. The van der Waals surface area contributed by atoms with Crippen molar-refractivity contribution in [1.82, 2.24) is 0 Å². The number of methoxy groups -OCH3 is 2. The Hall–Kier alpha value is -1.32. The largest absolute Gasteiger partial charge is 0.468 e. The zero-order valence-corrected chi connectivity index (χ0v) is 8.84. The Morgan fingerprint density at radius 3 is 1.79 bits per heavy atom. The highest BCUT2D eigenvalue weighted by Crippen LogP contribution is 2.55. The summed E-state index contributed by atoms with van der Waals surface area (Å²) in [6.07, 6.45) is 0.425. The maximum atomic E-state index is 11.5. The Bertz CT molecular complexity index is 294. The molecule has 0 spiro atoms. The van der Waals surface area contributed by atoms with Crippen molar-refractivity contribution >= 4 is 11.9 Å². The van der Waals surface area contributed by atoms with Crippen LogP contribution >= 0.6 is 0 Å². The molecule has 1 rings (SSSR count). The minimum atomic E-state index is -1.14. The summed E-state index contributed by atoms with van der Waals surface area (Å²) < 4.78 is 9.21. The lowest BCUT2D eigenvalue weighted by Crippen LogP contribution is -2.28. The highest BCUT2D eigenvalue weighted by atomic mass is 16.5. The predicted octanol–water partition coefficient (Wildman–Crippen LogP) is 1.06. The third-order valence-electron chi connectivity index (χ3n) is 2.50. The molecule has 0 aliphatic heterocycles. The minimum Gasteiger partial charge on any atom is -0.468 e. The van der Waals surface area contributed by atoms with Crippen LogP contribution in [-0.2, 0) is 19.1 Å². The van der Waals surface area contributed by atoms with Crippen LogP contribution in [0.3, 0.4) is 0 Å². The Morgan fingerprint density at radius 2 is 1.57 bits per heavy atom. The number of ether oxygens (including phenoxy) is 2. The van der Waals surface area contributed by atoms with Gasteiger partial charge in [0.2, 0.25) is 0 Å². The first-order valence-corrected chi connectivity index (χ1v) is 4.34. The molecule has 0 N–H and O–H groups in total. The summed E-state index contributed by atoms with van der Waals surface area (Å²) in [5.41, 5.74) is 0.652. The van der Waals surface area contributed by atoms with Gasteiger partial charge in [0, 0.05) is 6.42 Å². The van der Waals surface area contributed by atoms with E-state index in [1.807, 2.05) is 13.8 Å². The Morgan fingerprint density at radius 1 is 1.14 bits per heavy atom. The van der Waals surface area contributed by atoms with Gasteiger partial charge in [-0.05, 0) is 19.4 Å². The van der Waals surface area contributed by atoms with Crippen molar-refractivity contribution in [1.29, 1.82) is 0 Å². The van der Waals surface area contributed by atoms with Crippen LogP contribution < -0.4 is 0 Å². The Balaban J connectivity index is 3.04. The fourth-order valence-corrected chi connectivity index (χ4v) is 1.65. The van der Waals surface area contributed by atoms with Crippen molar-refractivity contribution in [3.63, 3.8) is 0 Å². The molecule has 1 saturated carbocycles. The third-order valence-corrected chi connectivity index (χ3v) is 2.50. The second-order valence-electron chi connectivity index (χ2n) is 3.54. The summed E-state index contributed by atoms with van der Waals surface area (Å²) in [7, 11) is 2.54. The van der Waals surface area contributed by atoms with E-state index in [4.69, 9.17) is 0 Å². The molecule has 0 aromatic carbocycles. The smallest absolute Gasteiger partial charge is 0.327 e. The number of rotatable bonds is 2. The van der Waals surface area contributed by atoms with Crippen LogP contribution in [0.1, 0.15) is 20.3 Å². The number of hydrogen-bond acceptors (Lipinski definition) is 4. The SMILES string of the molecule is COC(=O)C1(C(=O)OC)CC1=C(C)C.